The number of aromatic nitrogens is 2. The summed E-state index contributed by atoms with van der Waals surface area (Å²) in [5, 5.41) is 7.20. The number of hydrogen-bond donors (Lipinski definition) is 1. The fourth-order valence-electron chi connectivity index (χ4n) is 2.33. The maximum Gasteiger partial charge on any atom is 0.272 e. The third-order valence-corrected chi connectivity index (χ3v) is 3.48. The van der Waals surface area contributed by atoms with Crippen LogP contribution in [0.3, 0.4) is 0 Å². The fourth-order valence-corrected chi connectivity index (χ4v) is 2.33. The molecule has 1 N–H and O–H groups in total. The summed E-state index contributed by atoms with van der Waals surface area (Å²) in [5.74, 6) is -0.165. The second-order valence-electron chi connectivity index (χ2n) is 5.07. The van der Waals surface area contributed by atoms with Gasteiger partial charge in [0.15, 0.2) is 5.69 Å². The Hall–Kier alpha value is -2.88. The average Bonchev–Trinajstić information content (AvgIpc) is 2.96. The van der Waals surface area contributed by atoms with Crippen LogP contribution in [0.15, 0.2) is 66.7 Å². The molecule has 1 heterocycles. The molecule has 3 aromatic rings. The number of amides is 1. The van der Waals surface area contributed by atoms with Gasteiger partial charge in [0.2, 0.25) is 0 Å². The molecular formula is C18H17N3O. The number of nitrogens with zero attached hydrogens (tertiary/aromatic N) is 2. The van der Waals surface area contributed by atoms with E-state index in [-0.39, 0.29) is 5.91 Å². The maximum atomic E-state index is 12.2. The highest BCUT2D eigenvalue weighted by molar-refractivity contribution is 5.93. The van der Waals surface area contributed by atoms with Gasteiger partial charge in [0.25, 0.3) is 5.91 Å². The van der Waals surface area contributed by atoms with E-state index in [1.807, 2.05) is 73.8 Å². The molecule has 0 atom stereocenters. The zero-order chi connectivity index (χ0) is 15.4. The molecule has 0 saturated carbocycles. The van der Waals surface area contributed by atoms with Crippen molar-refractivity contribution >= 4 is 5.91 Å². The van der Waals surface area contributed by atoms with Crippen LogP contribution in [0.4, 0.5) is 0 Å². The molecule has 0 bridgehead atoms. The molecule has 0 radical (unpaired) electrons. The van der Waals surface area contributed by atoms with Crippen LogP contribution in [0.1, 0.15) is 16.1 Å². The van der Waals surface area contributed by atoms with Gasteiger partial charge in [-0.3, -0.25) is 9.48 Å². The Morgan fingerprint density at radius 3 is 2.36 bits per heavy atom. The molecule has 0 aliphatic heterocycles. The maximum absolute atomic E-state index is 12.2. The minimum atomic E-state index is -0.165. The minimum absolute atomic E-state index is 0.165. The summed E-state index contributed by atoms with van der Waals surface area (Å²) in [6.45, 7) is 0.497. The first-order valence-electron chi connectivity index (χ1n) is 7.15. The van der Waals surface area contributed by atoms with Crippen LogP contribution in [0.5, 0.6) is 0 Å². The molecule has 4 nitrogen and oxygen atoms in total. The van der Waals surface area contributed by atoms with Crippen molar-refractivity contribution in [1.29, 1.82) is 0 Å². The van der Waals surface area contributed by atoms with Gasteiger partial charge in [-0.1, -0.05) is 60.7 Å². The Bertz CT molecular complexity index is 764. The lowest BCUT2D eigenvalue weighted by atomic mass is 10.1. The summed E-state index contributed by atoms with van der Waals surface area (Å²) < 4.78 is 1.73. The van der Waals surface area contributed by atoms with E-state index in [2.05, 4.69) is 10.4 Å². The van der Waals surface area contributed by atoms with E-state index in [1.165, 1.54) is 0 Å². The van der Waals surface area contributed by atoms with Crippen LogP contribution in [-0.4, -0.2) is 15.7 Å². The van der Waals surface area contributed by atoms with Crippen molar-refractivity contribution in [3.8, 4) is 11.3 Å². The molecule has 4 heteroatoms. The first kappa shape index (κ1) is 14.1. The van der Waals surface area contributed by atoms with Gasteiger partial charge in [-0.05, 0) is 17.2 Å². The van der Waals surface area contributed by atoms with Crippen LogP contribution in [0, 0.1) is 0 Å². The lowest BCUT2D eigenvalue weighted by Gasteiger charge is -2.02. The zero-order valence-corrected chi connectivity index (χ0v) is 12.4. The van der Waals surface area contributed by atoms with Crippen molar-refractivity contribution < 1.29 is 4.79 Å². The number of carbonyl (C=O) groups excluding carboxylic acids is 1. The summed E-state index contributed by atoms with van der Waals surface area (Å²) in [6.07, 6.45) is 0. The molecule has 0 saturated heterocycles. The van der Waals surface area contributed by atoms with E-state index in [4.69, 9.17) is 0 Å². The summed E-state index contributed by atoms with van der Waals surface area (Å²) in [4.78, 5) is 12.2. The first-order valence-corrected chi connectivity index (χ1v) is 7.15. The van der Waals surface area contributed by atoms with Gasteiger partial charge in [-0.2, -0.15) is 5.10 Å². The third kappa shape index (κ3) is 3.06. The monoisotopic (exact) mass is 291 g/mol. The topological polar surface area (TPSA) is 46.9 Å². The van der Waals surface area contributed by atoms with Crippen LogP contribution >= 0.6 is 0 Å². The van der Waals surface area contributed by atoms with Crippen molar-refractivity contribution in [2.45, 2.75) is 6.54 Å². The molecule has 110 valence electrons. The SMILES string of the molecule is Cn1nc(C(=O)NCc2ccccc2)cc1-c1ccccc1. The Balaban J connectivity index is 1.74. The Morgan fingerprint density at radius 1 is 1.05 bits per heavy atom. The molecule has 1 aromatic heterocycles. The van der Waals surface area contributed by atoms with Crippen LogP contribution < -0.4 is 5.32 Å². The second-order valence-corrected chi connectivity index (χ2v) is 5.07. The van der Waals surface area contributed by atoms with Gasteiger partial charge in [-0.15, -0.1) is 0 Å². The van der Waals surface area contributed by atoms with Gasteiger partial charge < -0.3 is 5.32 Å². The summed E-state index contributed by atoms with van der Waals surface area (Å²) >= 11 is 0. The molecule has 1 amide bonds. The van der Waals surface area contributed by atoms with E-state index >= 15 is 0 Å². The van der Waals surface area contributed by atoms with Crippen LogP contribution in [-0.2, 0) is 13.6 Å². The smallest absolute Gasteiger partial charge is 0.272 e. The van der Waals surface area contributed by atoms with Crippen molar-refractivity contribution in [3.05, 3.63) is 78.0 Å². The summed E-state index contributed by atoms with van der Waals surface area (Å²) in [6, 6.07) is 21.5. The predicted octanol–water partition coefficient (Wildman–Crippen LogP) is 3.02. The first-order chi connectivity index (χ1) is 10.7. The molecule has 3 rings (SSSR count). The fraction of sp³-hybridized carbons (Fsp3) is 0.111. The second kappa shape index (κ2) is 6.26. The van der Waals surface area contributed by atoms with Gasteiger partial charge in [0.1, 0.15) is 0 Å². The zero-order valence-electron chi connectivity index (χ0n) is 12.4. The largest absolute Gasteiger partial charge is 0.347 e. The normalized spacial score (nSPS) is 10.4. The van der Waals surface area contributed by atoms with Crippen molar-refractivity contribution in [2.75, 3.05) is 0 Å². The van der Waals surface area contributed by atoms with Crippen molar-refractivity contribution in [2.24, 2.45) is 7.05 Å². The van der Waals surface area contributed by atoms with E-state index in [1.54, 1.807) is 4.68 Å². The molecule has 0 spiro atoms. The third-order valence-electron chi connectivity index (χ3n) is 3.48. The predicted molar refractivity (Wildman–Crippen MR) is 86.3 cm³/mol. The van der Waals surface area contributed by atoms with E-state index in [0.29, 0.717) is 12.2 Å². The lowest BCUT2D eigenvalue weighted by Crippen LogP contribution is -2.23. The molecule has 0 aliphatic carbocycles. The molecule has 0 unspecified atom stereocenters. The number of benzene rings is 2. The number of rotatable bonds is 4. The molecule has 2 aromatic carbocycles. The quantitative estimate of drug-likeness (QED) is 0.803. The number of nitrogens with one attached hydrogen (secondary N) is 1. The van der Waals surface area contributed by atoms with E-state index in [9.17, 15) is 4.79 Å². The molecular weight excluding hydrogens is 274 g/mol. The highest BCUT2D eigenvalue weighted by Gasteiger charge is 2.13. The standard InChI is InChI=1S/C18H17N3O/c1-21-17(15-10-6-3-7-11-15)12-16(20-21)18(22)19-13-14-8-4-2-5-9-14/h2-12H,13H2,1H3,(H,19,22). The summed E-state index contributed by atoms with van der Waals surface area (Å²) in [7, 11) is 1.84. The average molecular weight is 291 g/mol. The summed E-state index contributed by atoms with van der Waals surface area (Å²) in [5.41, 5.74) is 3.46. The van der Waals surface area contributed by atoms with Crippen LogP contribution in [0.25, 0.3) is 11.3 Å². The van der Waals surface area contributed by atoms with Crippen molar-refractivity contribution in [3.63, 3.8) is 0 Å². The van der Waals surface area contributed by atoms with E-state index < -0.39 is 0 Å². The number of carbonyl (C=O) groups is 1. The van der Waals surface area contributed by atoms with Gasteiger partial charge >= 0.3 is 0 Å². The van der Waals surface area contributed by atoms with Gasteiger partial charge in [0, 0.05) is 13.6 Å². The van der Waals surface area contributed by atoms with E-state index in [0.717, 1.165) is 16.8 Å². The molecule has 0 aliphatic rings. The highest BCUT2D eigenvalue weighted by Crippen LogP contribution is 2.19. The number of aryl methyl sites for hydroxylation is 1. The highest BCUT2D eigenvalue weighted by atomic mass is 16.1. The number of hydrogen-bond acceptors (Lipinski definition) is 2. The van der Waals surface area contributed by atoms with Crippen molar-refractivity contribution in [1.82, 2.24) is 15.1 Å². The Morgan fingerprint density at radius 2 is 1.68 bits per heavy atom. The van der Waals surface area contributed by atoms with Gasteiger partial charge in [-0.25, -0.2) is 0 Å². The minimum Gasteiger partial charge on any atom is -0.347 e. The van der Waals surface area contributed by atoms with Gasteiger partial charge in [0.05, 0.1) is 5.69 Å². The molecule has 22 heavy (non-hydrogen) atoms. The molecule has 0 fully saturated rings. The Kier molecular flexibility index (Phi) is 4.01. The van der Waals surface area contributed by atoms with Crippen LogP contribution in [0.2, 0.25) is 0 Å². The Labute approximate surface area is 129 Å². The lowest BCUT2D eigenvalue weighted by molar-refractivity contribution is 0.0945.